The average Bonchev–Trinajstić information content (AvgIpc) is 2.54. The van der Waals surface area contributed by atoms with E-state index in [0.29, 0.717) is 12.8 Å². The average molecular weight is 322 g/mol. The third-order valence-corrected chi connectivity index (χ3v) is 5.38. The van der Waals surface area contributed by atoms with Gasteiger partial charge in [-0.3, -0.25) is 0 Å². The normalized spacial score (nSPS) is 19.8. The second kappa shape index (κ2) is 7.68. The first-order chi connectivity index (χ1) is 9.27. The fourth-order valence-corrected chi connectivity index (χ4v) is 4.12. The van der Waals surface area contributed by atoms with Crippen LogP contribution in [0, 0.1) is 0 Å². The molecular weight excluding hydrogens is 296 g/mol. The number of hydrogen-bond donors (Lipinski definition) is 2. The van der Waals surface area contributed by atoms with Gasteiger partial charge in [0.05, 0.1) is 29.0 Å². The van der Waals surface area contributed by atoms with E-state index in [2.05, 4.69) is 4.72 Å². The first-order valence-electron chi connectivity index (χ1n) is 7.21. The van der Waals surface area contributed by atoms with E-state index in [1.54, 1.807) is 0 Å². The summed E-state index contributed by atoms with van der Waals surface area (Å²) in [7, 11) is -3.44. The number of hydrogen-bond acceptors (Lipinski definition) is 4. The number of rotatable bonds is 7. The quantitative estimate of drug-likeness (QED) is 0.551. The van der Waals surface area contributed by atoms with Gasteiger partial charge in [0.2, 0.25) is 10.0 Å². The zero-order valence-corrected chi connectivity index (χ0v) is 14.0. The van der Waals surface area contributed by atoms with Crippen LogP contribution < -0.4 is 10.5 Å². The highest BCUT2D eigenvalue weighted by atomic mass is 32.2. The van der Waals surface area contributed by atoms with E-state index in [-0.39, 0.29) is 23.5 Å². The maximum atomic E-state index is 12.2. The Kier molecular flexibility index (Phi) is 6.84. The summed E-state index contributed by atoms with van der Waals surface area (Å²) >= 11 is 5.13. The Balaban J connectivity index is 2.71. The van der Waals surface area contributed by atoms with Crippen molar-refractivity contribution in [2.75, 3.05) is 12.4 Å². The van der Waals surface area contributed by atoms with Crippen molar-refractivity contribution in [3.05, 3.63) is 0 Å². The lowest BCUT2D eigenvalue weighted by molar-refractivity contribution is 0.0911. The van der Waals surface area contributed by atoms with Crippen molar-refractivity contribution in [2.24, 2.45) is 5.73 Å². The minimum atomic E-state index is -3.44. The van der Waals surface area contributed by atoms with Crippen LogP contribution in [-0.2, 0) is 14.8 Å². The van der Waals surface area contributed by atoms with Crippen molar-refractivity contribution in [3.63, 3.8) is 0 Å². The maximum absolute atomic E-state index is 12.2. The second-order valence-corrected chi connectivity index (χ2v) is 7.98. The SMILES string of the molecule is CC(C)OCCS(=O)(=O)NC1(C(N)=S)CCCCCC1. The number of sulfonamides is 1. The van der Waals surface area contributed by atoms with Gasteiger partial charge in [0.1, 0.15) is 0 Å². The van der Waals surface area contributed by atoms with Crippen LogP contribution in [0.1, 0.15) is 52.4 Å². The molecule has 0 radical (unpaired) electrons. The zero-order valence-electron chi connectivity index (χ0n) is 12.4. The molecule has 1 rings (SSSR count). The van der Waals surface area contributed by atoms with Gasteiger partial charge in [-0.2, -0.15) is 0 Å². The molecule has 0 spiro atoms. The fraction of sp³-hybridized carbons (Fsp3) is 0.923. The van der Waals surface area contributed by atoms with Crippen molar-refractivity contribution in [3.8, 4) is 0 Å². The summed E-state index contributed by atoms with van der Waals surface area (Å²) in [4.78, 5) is 0.257. The molecule has 20 heavy (non-hydrogen) atoms. The first-order valence-corrected chi connectivity index (χ1v) is 9.27. The van der Waals surface area contributed by atoms with Crippen molar-refractivity contribution < 1.29 is 13.2 Å². The Hall–Kier alpha value is -0.240. The number of nitrogens with two attached hydrogens (primary N) is 1. The van der Waals surface area contributed by atoms with Gasteiger partial charge in [-0.25, -0.2) is 13.1 Å². The molecule has 1 aliphatic rings. The summed E-state index contributed by atoms with van der Waals surface area (Å²) < 4.78 is 32.4. The minimum Gasteiger partial charge on any atom is -0.392 e. The lowest BCUT2D eigenvalue weighted by Gasteiger charge is -2.32. The van der Waals surface area contributed by atoms with Crippen LogP contribution in [0.25, 0.3) is 0 Å². The van der Waals surface area contributed by atoms with Gasteiger partial charge in [-0.15, -0.1) is 0 Å². The molecule has 0 bridgehead atoms. The number of thiocarbonyl (C=S) groups is 1. The van der Waals surface area contributed by atoms with Crippen molar-refractivity contribution in [1.82, 2.24) is 4.72 Å². The largest absolute Gasteiger partial charge is 0.392 e. The summed E-state index contributed by atoms with van der Waals surface area (Å²) in [5.74, 6) is -0.0600. The number of nitrogens with one attached hydrogen (secondary N) is 1. The molecule has 7 heteroatoms. The molecule has 0 atom stereocenters. The molecule has 0 amide bonds. The van der Waals surface area contributed by atoms with E-state index in [0.717, 1.165) is 25.7 Å². The lowest BCUT2D eigenvalue weighted by Crippen LogP contribution is -2.57. The highest BCUT2D eigenvalue weighted by Gasteiger charge is 2.37. The Labute approximate surface area is 127 Å². The van der Waals surface area contributed by atoms with E-state index in [9.17, 15) is 8.42 Å². The Morgan fingerprint density at radius 1 is 1.30 bits per heavy atom. The summed E-state index contributed by atoms with van der Waals surface area (Å²) in [6, 6.07) is 0. The Morgan fingerprint density at radius 2 is 1.85 bits per heavy atom. The monoisotopic (exact) mass is 322 g/mol. The molecule has 0 aliphatic heterocycles. The molecule has 3 N–H and O–H groups in total. The molecular formula is C13H26N2O3S2. The van der Waals surface area contributed by atoms with Gasteiger partial charge in [0.25, 0.3) is 0 Å². The molecule has 1 fully saturated rings. The molecule has 0 aromatic heterocycles. The highest BCUT2D eigenvalue weighted by Crippen LogP contribution is 2.28. The second-order valence-electron chi connectivity index (χ2n) is 5.70. The molecule has 0 unspecified atom stereocenters. The van der Waals surface area contributed by atoms with Gasteiger partial charge in [-0.1, -0.05) is 37.9 Å². The molecule has 118 valence electrons. The predicted octanol–water partition coefficient (Wildman–Crippen LogP) is 1.71. The van der Waals surface area contributed by atoms with E-state index in [1.165, 1.54) is 0 Å². The smallest absolute Gasteiger partial charge is 0.214 e. The van der Waals surface area contributed by atoms with E-state index < -0.39 is 15.6 Å². The molecule has 0 aromatic rings. The standard InChI is InChI=1S/C13H26N2O3S2/c1-11(2)18-9-10-20(16,17)15-13(12(14)19)7-5-3-4-6-8-13/h11,15H,3-10H2,1-2H3,(H2,14,19). The molecule has 0 heterocycles. The third kappa shape index (κ3) is 5.63. The van der Waals surface area contributed by atoms with E-state index in [4.69, 9.17) is 22.7 Å². The van der Waals surface area contributed by atoms with Crippen LogP contribution >= 0.6 is 12.2 Å². The van der Waals surface area contributed by atoms with Crippen LogP contribution in [-0.4, -0.2) is 37.4 Å². The first kappa shape index (κ1) is 17.8. The van der Waals surface area contributed by atoms with Crippen LogP contribution in [0.3, 0.4) is 0 Å². The van der Waals surface area contributed by atoms with Gasteiger partial charge in [-0.05, 0) is 26.7 Å². The van der Waals surface area contributed by atoms with Gasteiger partial charge < -0.3 is 10.5 Å². The van der Waals surface area contributed by atoms with Crippen LogP contribution in [0.5, 0.6) is 0 Å². The third-order valence-electron chi connectivity index (χ3n) is 3.58. The van der Waals surface area contributed by atoms with Crippen molar-refractivity contribution in [1.29, 1.82) is 0 Å². The molecule has 0 aromatic carbocycles. The molecule has 1 aliphatic carbocycles. The predicted molar refractivity (Wildman–Crippen MR) is 85.2 cm³/mol. The maximum Gasteiger partial charge on any atom is 0.214 e. The van der Waals surface area contributed by atoms with Gasteiger partial charge in [0.15, 0.2) is 0 Å². The zero-order chi connectivity index (χ0) is 15.2. The van der Waals surface area contributed by atoms with Crippen LogP contribution in [0.15, 0.2) is 0 Å². The van der Waals surface area contributed by atoms with Gasteiger partial charge in [0, 0.05) is 0 Å². The fourth-order valence-electron chi connectivity index (χ4n) is 2.47. The molecule has 1 saturated carbocycles. The van der Waals surface area contributed by atoms with Crippen molar-refractivity contribution in [2.45, 2.75) is 64.0 Å². The molecule has 5 nitrogen and oxygen atoms in total. The number of ether oxygens (including phenoxy) is 1. The highest BCUT2D eigenvalue weighted by molar-refractivity contribution is 7.89. The summed E-state index contributed by atoms with van der Waals surface area (Å²) in [5, 5.41) is 0. The van der Waals surface area contributed by atoms with Crippen LogP contribution in [0.2, 0.25) is 0 Å². The lowest BCUT2D eigenvalue weighted by atomic mass is 9.91. The van der Waals surface area contributed by atoms with E-state index in [1.807, 2.05) is 13.8 Å². The molecule has 0 saturated heterocycles. The Bertz CT molecular complexity index is 413. The Morgan fingerprint density at radius 3 is 2.30 bits per heavy atom. The van der Waals surface area contributed by atoms with E-state index >= 15 is 0 Å². The minimum absolute atomic E-state index is 0.0209. The van der Waals surface area contributed by atoms with Gasteiger partial charge >= 0.3 is 0 Å². The summed E-state index contributed by atoms with van der Waals surface area (Å²) in [6.45, 7) is 3.93. The summed E-state index contributed by atoms with van der Waals surface area (Å²) in [5.41, 5.74) is 5.08. The summed E-state index contributed by atoms with van der Waals surface area (Å²) in [6.07, 6.45) is 5.49. The van der Waals surface area contributed by atoms with Crippen molar-refractivity contribution >= 4 is 27.2 Å². The van der Waals surface area contributed by atoms with Crippen LogP contribution in [0.4, 0.5) is 0 Å². The topological polar surface area (TPSA) is 81.4 Å².